The van der Waals surface area contributed by atoms with Crippen LogP contribution in [0.2, 0.25) is 0 Å². The van der Waals surface area contributed by atoms with Gasteiger partial charge in [-0.05, 0) is 153 Å². The molecule has 2 aliphatic carbocycles. The van der Waals surface area contributed by atoms with Crippen LogP contribution in [0.4, 0.5) is 17.1 Å². The maximum absolute atomic E-state index is 4.36. The minimum atomic E-state index is 0.838. The van der Waals surface area contributed by atoms with Gasteiger partial charge in [-0.1, -0.05) is 128 Å². The smallest absolute Gasteiger partial charge is 0.0547 e. The number of allylic oxidation sites excluding steroid dienone is 1. The van der Waals surface area contributed by atoms with Crippen LogP contribution in [0.3, 0.4) is 0 Å². The molecule has 0 saturated heterocycles. The molecule has 1 heterocycles. The fourth-order valence-corrected chi connectivity index (χ4v) is 9.62. The van der Waals surface area contributed by atoms with Crippen molar-refractivity contribution < 1.29 is 0 Å². The molecule has 2 heteroatoms. The largest absolute Gasteiger partial charge is 0.310 e. The molecule has 0 bridgehead atoms. The normalized spacial score (nSPS) is 12.5. The lowest BCUT2D eigenvalue weighted by molar-refractivity contribution is 1.18. The second-order valence-electron chi connectivity index (χ2n) is 15.3. The van der Waals surface area contributed by atoms with Gasteiger partial charge >= 0.3 is 0 Å². The van der Waals surface area contributed by atoms with Gasteiger partial charge in [0.05, 0.1) is 11.0 Å². The van der Waals surface area contributed by atoms with Crippen molar-refractivity contribution in [3.8, 4) is 39.1 Å². The maximum Gasteiger partial charge on any atom is 0.0547 e. The Kier molecular flexibility index (Phi) is 7.72. The molecule has 0 saturated carbocycles. The average molecular weight is 729 g/mol. The molecule has 9 aromatic rings. The van der Waals surface area contributed by atoms with E-state index < -0.39 is 0 Å². The Labute approximate surface area is 333 Å². The van der Waals surface area contributed by atoms with Crippen molar-refractivity contribution in [2.45, 2.75) is 19.8 Å². The van der Waals surface area contributed by atoms with Crippen LogP contribution >= 0.6 is 0 Å². The molecule has 1 aromatic heterocycles. The predicted molar refractivity (Wildman–Crippen MR) is 242 cm³/mol. The van der Waals surface area contributed by atoms with Crippen molar-refractivity contribution >= 4 is 51.0 Å². The van der Waals surface area contributed by atoms with Gasteiger partial charge in [-0.15, -0.1) is 0 Å². The van der Waals surface area contributed by atoms with Crippen molar-refractivity contribution in [1.29, 1.82) is 0 Å². The zero-order valence-electron chi connectivity index (χ0n) is 31.9. The van der Waals surface area contributed by atoms with Crippen molar-refractivity contribution in [2.24, 2.45) is 0 Å². The fourth-order valence-electron chi connectivity index (χ4n) is 9.62. The SMILES string of the molecule is C=Cc1c(/C=C\C)cc(-c2ccc3c4ccccc4n(-c4ccccc4)c3c2)c2c1-c1ccc(N(c3ccccc3)c3ccc4c(c3)-c3ccccc3C4)cc1C2. The molecule has 270 valence electrons. The van der Waals surface area contributed by atoms with E-state index in [0.717, 1.165) is 35.6 Å². The van der Waals surface area contributed by atoms with Crippen LogP contribution < -0.4 is 4.90 Å². The minimum absolute atomic E-state index is 0.838. The highest BCUT2D eigenvalue weighted by atomic mass is 15.1. The van der Waals surface area contributed by atoms with Gasteiger partial charge in [0.25, 0.3) is 0 Å². The molecule has 0 fully saturated rings. The Morgan fingerprint density at radius 3 is 2.09 bits per heavy atom. The molecule has 0 aliphatic heterocycles. The Hall–Kier alpha value is -7.16. The lowest BCUT2D eigenvalue weighted by atomic mass is 9.88. The zero-order chi connectivity index (χ0) is 38.0. The summed E-state index contributed by atoms with van der Waals surface area (Å²) in [6, 6.07) is 62.6. The van der Waals surface area contributed by atoms with Gasteiger partial charge < -0.3 is 9.47 Å². The summed E-state index contributed by atoms with van der Waals surface area (Å²) in [4.78, 5) is 2.42. The number of para-hydroxylation sites is 3. The van der Waals surface area contributed by atoms with E-state index in [1.54, 1.807) is 0 Å². The molecule has 0 atom stereocenters. The molecule has 0 radical (unpaired) electrons. The molecule has 0 N–H and O–H groups in total. The fraction of sp³-hybridized carbons (Fsp3) is 0.0545. The van der Waals surface area contributed by atoms with Gasteiger partial charge in [0.1, 0.15) is 0 Å². The number of hydrogen-bond acceptors (Lipinski definition) is 1. The van der Waals surface area contributed by atoms with Gasteiger partial charge in [0.15, 0.2) is 0 Å². The molecule has 2 aliphatic rings. The van der Waals surface area contributed by atoms with Crippen LogP contribution in [0, 0.1) is 0 Å². The summed E-state index contributed by atoms with van der Waals surface area (Å²) in [6.07, 6.45) is 8.25. The first kappa shape index (κ1) is 33.2. The van der Waals surface area contributed by atoms with E-state index in [2.05, 4.69) is 211 Å². The van der Waals surface area contributed by atoms with E-state index in [4.69, 9.17) is 0 Å². The first-order valence-electron chi connectivity index (χ1n) is 19.9. The molecule has 0 spiro atoms. The topological polar surface area (TPSA) is 8.17 Å². The highest BCUT2D eigenvalue weighted by Crippen LogP contribution is 2.49. The summed E-state index contributed by atoms with van der Waals surface area (Å²) < 4.78 is 2.41. The molecular formula is C55H40N2. The van der Waals surface area contributed by atoms with Gasteiger partial charge in [0.2, 0.25) is 0 Å². The third-order valence-electron chi connectivity index (χ3n) is 12.1. The second kappa shape index (κ2) is 13.3. The molecule has 8 aromatic carbocycles. The number of nitrogens with zero attached hydrogens (tertiary/aromatic N) is 2. The number of benzene rings is 8. The number of aromatic nitrogens is 1. The maximum atomic E-state index is 4.36. The van der Waals surface area contributed by atoms with Crippen LogP contribution in [0.25, 0.3) is 73.0 Å². The number of rotatable bonds is 7. The van der Waals surface area contributed by atoms with Crippen molar-refractivity contribution in [2.75, 3.05) is 4.90 Å². The van der Waals surface area contributed by atoms with E-state index >= 15 is 0 Å². The summed E-state index contributed by atoms with van der Waals surface area (Å²) >= 11 is 0. The van der Waals surface area contributed by atoms with Crippen LogP contribution in [-0.2, 0) is 12.8 Å². The van der Waals surface area contributed by atoms with Gasteiger partial charge in [0, 0.05) is 33.5 Å². The average Bonchev–Trinajstić information content (AvgIpc) is 3.93. The highest BCUT2D eigenvalue weighted by Gasteiger charge is 2.28. The van der Waals surface area contributed by atoms with Gasteiger partial charge in [-0.25, -0.2) is 0 Å². The first-order chi connectivity index (χ1) is 28.2. The number of anilines is 3. The zero-order valence-corrected chi connectivity index (χ0v) is 31.9. The first-order valence-corrected chi connectivity index (χ1v) is 19.9. The minimum Gasteiger partial charge on any atom is -0.310 e. The summed E-state index contributed by atoms with van der Waals surface area (Å²) in [5.74, 6) is 0. The van der Waals surface area contributed by atoms with Crippen molar-refractivity contribution in [1.82, 2.24) is 4.57 Å². The molecule has 0 amide bonds. The Morgan fingerprint density at radius 2 is 1.25 bits per heavy atom. The van der Waals surface area contributed by atoms with Gasteiger partial charge in [-0.3, -0.25) is 0 Å². The summed E-state index contributed by atoms with van der Waals surface area (Å²) in [5.41, 5.74) is 22.6. The Balaban J connectivity index is 1.08. The second-order valence-corrected chi connectivity index (χ2v) is 15.3. The monoisotopic (exact) mass is 728 g/mol. The standard InChI is InChI=1S/C55H40N2/c1-3-15-36-32-50(39-25-28-49-48-22-13-14-23-53(48)57(54(49)34-39)42-19-9-6-10-20-42)52-33-40-31-43(27-29-47(40)55(52)45(36)4-2)56(41-17-7-5-8-18-41)44-26-24-38-30-37-16-11-12-21-46(37)51(38)35-44/h3-29,31-32,34-35H,2,30,33H2,1H3/b15-3-. The molecule has 0 unspecified atom stereocenters. The molecule has 57 heavy (non-hydrogen) atoms. The summed E-state index contributed by atoms with van der Waals surface area (Å²) in [7, 11) is 0. The van der Waals surface area contributed by atoms with E-state index in [1.807, 2.05) is 0 Å². The van der Waals surface area contributed by atoms with E-state index in [0.29, 0.717) is 0 Å². The summed E-state index contributed by atoms with van der Waals surface area (Å²) in [6.45, 7) is 6.46. The molecule has 2 nitrogen and oxygen atoms in total. The third-order valence-corrected chi connectivity index (χ3v) is 12.1. The lowest BCUT2D eigenvalue weighted by Gasteiger charge is -2.26. The van der Waals surface area contributed by atoms with E-state index in [-0.39, 0.29) is 0 Å². The van der Waals surface area contributed by atoms with Gasteiger partial charge in [-0.2, -0.15) is 0 Å². The quantitative estimate of drug-likeness (QED) is 0.159. The molecule has 11 rings (SSSR count). The van der Waals surface area contributed by atoms with Crippen molar-refractivity contribution in [3.05, 3.63) is 216 Å². The van der Waals surface area contributed by atoms with E-state index in [9.17, 15) is 0 Å². The Bertz CT molecular complexity index is 3090. The van der Waals surface area contributed by atoms with Crippen LogP contribution in [-0.4, -0.2) is 4.57 Å². The third kappa shape index (κ3) is 5.25. The van der Waals surface area contributed by atoms with Crippen LogP contribution in [0.5, 0.6) is 0 Å². The molecular weight excluding hydrogens is 689 g/mol. The van der Waals surface area contributed by atoms with Crippen molar-refractivity contribution in [3.63, 3.8) is 0 Å². The van der Waals surface area contributed by atoms with E-state index in [1.165, 1.54) is 88.6 Å². The van der Waals surface area contributed by atoms with Crippen LogP contribution in [0.1, 0.15) is 40.3 Å². The lowest BCUT2D eigenvalue weighted by Crippen LogP contribution is -2.10. The highest BCUT2D eigenvalue weighted by molar-refractivity contribution is 6.10. The van der Waals surface area contributed by atoms with Crippen LogP contribution in [0.15, 0.2) is 183 Å². The number of fused-ring (bicyclic) bond motifs is 9. The summed E-state index contributed by atoms with van der Waals surface area (Å²) in [5, 5.41) is 2.52. The predicted octanol–water partition coefficient (Wildman–Crippen LogP) is 14.7. The number of hydrogen-bond donors (Lipinski definition) is 0. The Morgan fingerprint density at radius 1 is 0.526 bits per heavy atom.